The quantitative estimate of drug-likeness (QED) is 0.720. The van der Waals surface area contributed by atoms with Gasteiger partial charge in [0, 0.05) is 12.5 Å². The summed E-state index contributed by atoms with van der Waals surface area (Å²) in [4.78, 5) is 11.0. The third kappa shape index (κ3) is 2.98. The second-order valence-corrected chi connectivity index (χ2v) is 4.47. The van der Waals surface area contributed by atoms with Crippen LogP contribution in [0.5, 0.6) is 0 Å². The molecule has 3 nitrogen and oxygen atoms in total. The molecule has 0 radical (unpaired) electrons. The molecular weight excluding hydrogens is 180 g/mol. The van der Waals surface area contributed by atoms with E-state index in [2.05, 4.69) is 13.8 Å². The fourth-order valence-electron chi connectivity index (χ4n) is 1.79. The summed E-state index contributed by atoms with van der Waals surface area (Å²) >= 11 is 0. The largest absolute Gasteiger partial charge is 0.479 e. The Labute approximate surface area is 86.5 Å². The van der Waals surface area contributed by atoms with Gasteiger partial charge in [0.2, 0.25) is 0 Å². The van der Waals surface area contributed by atoms with Gasteiger partial charge in [-0.15, -0.1) is 0 Å². The fourth-order valence-corrected chi connectivity index (χ4v) is 1.79. The van der Waals surface area contributed by atoms with Crippen molar-refractivity contribution in [1.29, 1.82) is 0 Å². The normalized spacial score (nSPS) is 16.4. The number of hydrogen-bond donors (Lipinski definition) is 1. The molecule has 0 aliphatic carbocycles. The van der Waals surface area contributed by atoms with Crippen molar-refractivity contribution < 1.29 is 14.6 Å². The monoisotopic (exact) mass is 202 g/mol. The van der Waals surface area contributed by atoms with E-state index < -0.39 is 12.1 Å². The summed E-state index contributed by atoms with van der Waals surface area (Å²) < 4.78 is 5.04. The molecule has 0 spiro atoms. The zero-order valence-electron chi connectivity index (χ0n) is 9.83. The second kappa shape index (κ2) is 5.35. The van der Waals surface area contributed by atoms with E-state index in [-0.39, 0.29) is 5.41 Å². The molecule has 0 bridgehead atoms. The van der Waals surface area contributed by atoms with E-state index in [0.29, 0.717) is 5.92 Å². The van der Waals surface area contributed by atoms with Gasteiger partial charge in [0.1, 0.15) is 0 Å². The lowest BCUT2D eigenvalue weighted by Gasteiger charge is -2.36. The van der Waals surface area contributed by atoms with E-state index >= 15 is 0 Å². The molecule has 0 saturated heterocycles. The van der Waals surface area contributed by atoms with E-state index in [9.17, 15) is 4.79 Å². The van der Waals surface area contributed by atoms with Crippen molar-refractivity contribution in [3.05, 3.63) is 0 Å². The molecule has 0 aromatic rings. The van der Waals surface area contributed by atoms with Crippen LogP contribution in [0.4, 0.5) is 0 Å². The Morgan fingerprint density at radius 1 is 1.50 bits per heavy atom. The SMILES string of the molecule is CCCC(C)C(C)(C)C(OC)C(=O)O. The highest BCUT2D eigenvalue weighted by Gasteiger charge is 2.39. The lowest BCUT2D eigenvalue weighted by Crippen LogP contribution is -2.42. The Bertz CT molecular complexity index is 187. The van der Waals surface area contributed by atoms with E-state index in [4.69, 9.17) is 9.84 Å². The summed E-state index contributed by atoms with van der Waals surface area (Å²) in [6.07, 6.45) is 1.38. The molecule has 0 aliphatic rings. The van der Waals surface area contributed by atoms with Crippen molar-refractivity contribution in [1.82, 2.24) is 0 Å². The maximum atomic E-state index is 11.0. The Morgan fingerprint density at radius 3 is 2.29 bits per heavy atom. The van der Waals surface area contributed by atoms with Crippen molar-refractivity contribution in [3.63, 3.8) is 0 Å². The fraction of sp³-hybridized carbons (Fsp3) is 0.909. The van der Waals surface area contributed by atoms with Crippen molar-refractivity contribution in [2.75, 3.05) is 7.11 Å². The van der Waals surface area contributed by atoms with Crippen molar-refractivity contribution in [2.45, 2.75) is 46.6 Å². The average molecular weight is 202 g/mol. The van der Waals surface area contributed by atoms with Gasteiger partial charge in [0.25, 0.3) is 0 Å². The minimum absolute atomic E-state index is 0.323. The first kappa shape index (κ1) is 13.4. The molecule has 0 rings (SSSR count). The Hall–Kier alpha value is -0.570. The van der Waals surface area contributed by atoms with Crippen molar-refractivity contribution in [2.24, 2.45) is 11.3 Å². The smallest absolute Gasteiger partial charge is 0.333 e. The van der Waals surface area contributed by atoms with Crippen LogP contribution in [0, 0.1) is 11.3 Å². The van der Waals surface area contributed by atoms with Crippen LogP contribution in [0.15, 0.2) is 0 Å². The first-order valence-electron chi connectivity index (χ1n) is 5.13. The Kier molecular flexibility index (Phi) is 5.13. The van der Waals surface area contributed by atoms with Crippen molar-refractivity contribution >= 4 is 5.97 Å². The Balaban J connectivity index is 4.62. The molecule has 2 atom stereocenters. The standard InChI is InChI=1S/C11H22O3/c1-6-7-8(2)11(3,4)9(14-5)10(12)13/h8-9H,6-7H2,1-5H3,(H,12,13). The van der Waals surface area contributed by atoms with Gasteiger partial charge in [0.15, 0.2) is 6.10 Å². The highest BCUT2D eigenvalue weighted by atomic mass is 16.5. The number of methoxy groups -OCH3 is 1. The molecule has 0 heterocycles. The van der Waals surface area contributed by atoms with Gasteiger partial charge in [0.05, 0.1) is 0 Å². The molecule has 0 aromatic heterocycles. The highest BCUT2D eigenvalue weighted by Crippen LogP contribution is 2.35. The van der Waals surface area contributed by atoms with Gasteiger partial charge < -0.3 is 9.84 Å². The summed E-state index contributed by atoms with van der Waals surface area (Å²) in [7, 11) is 1.46. The van der Waals surface area contributed by atoms with Crippen molar-refractivity contribution in [3.8, 4) is 0 Å². The molecule has 0 amide bonds. The number of carbonyl (C=O) groups is 1. The molecule has 1 N–H and O–H groups in total. The van der Waals surface area contributed by atoms with Gasteiger partial charge in [-0.05, 0) is 5.92 Å². The van der Waals surface area contributed by atoms with Gasteiger partial charge in [-0.2, -0.15) is 0 Å². The van der Waals surface area contributed by atoms with Crippen LogP contribution in [0.1, 0.15) is 40.5 Å². The lowest BCUT2D eigenvalue weighted by molar-refractivity contribution is -0.158. The molecular formula is C11H22O3. The predicted octanol–water partition coefficient (Wildman–Crippen LogP) is 2.55. The third-order valence-electron chi connectivity index (χ3n) is 3.13. The number of ether oxygens (including phenoxy) is 1. The number of carboxylic acids is 1. The zero-order chi connectivity index (χ0) is 11.4. The molecule has 84 valence electrons. The molecule has 0 saturated carbocycles. The van der Waals surface area contributed by atoms with Crippen LogP contribution in [0.2, 0.25) is 0 Å². The highest BCUT2D eigenvalue weighted by molar-refractivity contribution is 5.73. The topological polar surface area (TPSA) is 46.5 Å². The maximum Gasteiger partial charge on any atom is 0.333 e. The van der Waals surface area contributed by atoms with E-state index in [1.54, 1.807) is 0 Å². The summed E-state index contributed by atoms with van der Waals surface area (Å²) in [5.74, 6) is -0.533. The summed E-state index contributed by atoms with van der Waals surface area (Å²) in [6.45, 7) is 8.10. The van der Waals surface area contributed by atoms with Gasteiger partial charge in [-0.3, -0.25) is 0 Å². The third-order valence-corrected chi connectivity index (χ3v) is 3.13. The van der Waals surface area contributed by atoms with E-state index in [0.717, 1.165) is 12.8 Å². The molecule has 0 aromatic carbocycles. The van der Waals surface area contributed by atoms with Gasteiger partial charge in [-0.1, -0.05) is 40.5 Å². The number of hydrogen-bond acceptors (Lipinski definition) is 2. The molecule has 14 heavy (non-hydrogen) atoms. The zero-order valence-corrected chi connectivity index (χ0v) is 9.83. The minimum Gasteiger partial charge on any atom is -0.479 e. The molecule has 0 fully saturated rings. The van der Waals surface area contributed by atoms with E-state index in [1.807, 2.05) is 13.8 Å². The second-order valence-electron chi connectivity index (χ2n) is 4.47. The van der Waals surface area contributed by atoms with Gasteiger partial charge >= 0.3 is 5.97 Å². The molecule has 3 heteroatoms. The molecule has 2 unspecified atom stereocenters. The minimum atomic E-state index is -0.875. The Morgan fingerprint density at radius 2 is 2.00 bits per heavy atom. The maximum absolute atomic E-state index is 11.0. The number of aliphatic carboxylic acids is 1. The summed E-state index contributed by atoms with van der Waals surface area (Å²) in [5, 5.41) is 9.00. The van der Waals surface area contributed by atoms with Crippen LogP contribution >= 0.6 is 0 Å². The van der Waals surface area contributed by atoms with Crippen LogP contribution in [0.25, 0.3) is 0 Å². The lowest BCUT2D eigenvalue weighted by atomic mass is 9.73. The van der Waals surface area contributed by atoms with Crippen LogP contribution in [-0.2, 0) is 9.53 Å². The first-order valence-corrected chi connectivity index (χ1v) is 5.13. The van der Waals surface area contributed by atoms with E-state index in [1.165, 1.54) is 7.11 Å². The summed E-state index contributed by atoms with van der Waals surface area (Å²) in [6, 6.07) is 0. The number of carboxylic acid groups (broad SMARTS) is 1. The average Bonchev–Trinajstić information content (AvgIpc) is 2.04. The number of rotatable bonds is 6. The van der Waals surface area contributed by atoms with Crippen LogP contribution in [-0.4, -0.2) is 24.3 Å². The molecule has 0 aliphatic heterocycles. The predicted molar refractivity (Wildman–Crippen MR) is 56.3 cm³/mol. The summed E-state index contributed by atoms with van der Waals surface area (Å²) in [5.41, 5.74) is -0.323. The van der Waals surface area contributed by atoms with Crippen LogP contribution in [0.3, 0.4) is 0 Å². The van der Waals surface area contributed by atoms with Crippen LogP contribution < -0.4 is 0 Å². The first-order chi connectivity index (χ1) is 6.37. The van der Waals surface area contributed by atoms with Gasteiger partial charge in [-0.25, -0.2) is 4.79 Å².